The van der Waals surface area contributed by atoms with Crippen LogP contribution in [-0.2, 0) is 25.9 Å². The van der Waals surface area contributed by atoms with Crippen molar-refractivity contribution in [3.05, 3.63) is 47.8 Å². The average Bonchev–Trinajstić information content (AvgIpc) is 3.42. The Balaban J connectivity index is 1.73. The minimum absolute atomic E-state index is 0.0332. The molecule has 9 N–H and O–H groups in total. The molecule has 0 aromatic carbocycles. The third-order valence-electron chi connectivity index (χ3n) is 5.32. The summed E-state index contributed by atoms with van der Waals surface area (Å²) in [5.41, 5.74) is 13.3. The van der Waals surface area contributed by atoms with Crippen LogP contribution in [0.2, 0.25) is 0 Å². The van der Waals surface area contributed by atoms with E-state index in [0.717, 1.165) is 0 Å². The van der Waals surface area contributed by atoms with Crippen molar-refractivity contribution in [3.63, 3.8) is 0 Å². The highest BCUT2D eigenvalue weighted by atomic mass is 16.2. The molecule has 3 heterocycles. The first-order valence-corrected chi connectivity index (χ1v) is 10.7. The number of carbonyl (C=O) groups is 4. The number of amidine groups is 1. The summed E-state index contributed by atoms with van der Waals surface area (Å²) in [5, 5.41) is 17.7. The van der Waals surface area contributed by atoms with Crippen LogP contribution in [0.5, 0.6) is 0 Å². The van der Waals surface area contributed by atoms with E-state index >= 15 is 0 Å². The number of nitrogens with one attached hydrogen (secondary N) is 5. The Hall–Kier alpha value is -5.01. The first-order valence-electron chi connectivity index (χ1n) is 10.7. The second kappa shape index (κ2) is 10.5. The Morgan fingerprint density at radius 3 is 2.17 bits per heavy atom. The lowest BCUT2D eigenvalue weighted by atomic mass is 10.3. The molecular formula is C22H28N10O4. The van der Waals surface area contributed by atoms with Crippen molar-refractivity contribution in [1.82, 2.24) is 19.0 Å². The van der Waals surface area contributed by atoms with Gasteiger partial charge in [-0.05, 0) is 12.1 Å². The number of anilines is 4. The lowest BCUT2D eigenvalue weighted by Gasteiger charge is -2.07. The van der Waals surface area contributed by atoms with Gasteiger partial charge in [0, 0.05) is 52.7 Å². The highest BCUT2D eigenvalue weighted by Gasteiger charge is 2.22. The lowest BCUT2D eigenvalue weighted by molar-refractivity contribution is -0.105. The lowest BCUT2D eigenvalue weighted by Crippen LogP contribution is -2.28. The van der Waals surface area contributed by atoms with Gasteiger partial charge in [0.15, 0.2) is 0 Å². The second-order valence-electron chi connectivity index (χ2n) is 8.07. The van der Waals surface area contributed by atoms with Gasteiger partial charge in [-0.25, -0.2) is 0 Å². The largest absolute Gasteiger partial charge is 0.395 e. The molecule has 4 amide bonds. The second-order valence-corrected chi connectivity index (χ2v) is 8.07. The predicted octanol–water partition coefficient (Wildman–Crippen LogP) is 0.413. The summed E-state index contributed by atoms with van der Waals surface area (Å²) < 4.78 is 4.56. The molecule has 0 saturated heterocycles. The van der Waals surface area contributed by atoms with Crippen molar-refractivity contribution in [3.8, 4) is 0 Å². The number of aromatic nitrogens is 3. The smallest absolute Gasteiger partial charge is 0.274 e. The fourth-order valence-corrected chi connectivity index (χ4v) is 3.60. The molecule has 14 nitrogen and oxygen atoms in total. The van der Waals surface area contributed by atoms with Gasteiger partial charge in [0.1, 0.15) is 17.1 Å². The molecule has 0 unspecified atom stereocenters. The summed E-state index contributed by atoms with van der Waals surface area (Å²) >= 11 is 0. The monoisotopic (exact) mass is 496 g/mol. The molecule has 3 aromatic heterocycles. The number of nitrogens with zero attached hydrogens (tertiary/aromatic N) is 3. The Morgan fingerprint density at radius 2 is 1.53 bits per heavy atom. The number of nitrogen functional groups attached to an aromatic ring is 1. The Kier molecular flexibility index (Phi) is 7.47. The van der Waals surface area contributed by atoms with Gasteiger partial charge in [-0.2, -0.15) is 0 Å². The molecule has 3 rings (SSSR count). The van der Waals surface area contributed by atoms with E-state index in [2.05, 4.69) is 21.3 Å². The number of carbonyl (C=O) groups excluding carboxylic acids is 4. The maximum absolute atomic E-state index is 13.0. The Morgan fingerprint density at radius 1 is 0.917 bits per heavy atom. The molecule has 0 spiro atoms. The van der Waals surface area contributed by atoms with Crippen molar-refractivity contribution in [1.29, 1.82) is 5.41 Å². The van der Waals surface area contributed by atoms with Crippen molar-refractivity contribution < 1.29 is 19.2 Å². The first kappa shape index (κ1) is 25.6. The molecule has 0 saturated carbocycles. The zero-order valence-corrected chi connectivity index (χ0v) is 20.0. The Labute approximate surface area is 206 Å². The van der Waals surface area contributed by atoms with E-state index in [1.54, 1.807) is 38.1 Å². The SMILES string of the molecule is Cn1cc(NC(=O)c2c(N)c(NC(=O)c3cc(NC=O)cn3C)cn2C)cc1C(=O)NCCC(=N)N. The molecule has 3 aromatic rings. The van der Waals surface area contributed by atoms with Crippen molar-refractivity contribution in [2.24, 2.45) is 26.9 Å². The highest BCUT2D eigenvalue weighted by Crippen LogP contribution is 2.27. The maximum atomic E-state index is 13.0. The van der Waals surface area contributed by atoms with Crippen molar-refractivity contribution >= 4 is 52.7 Å². The molecule has 36 heavy (non-hydrogen) atoms. The van der Waals surface area contributed by atoms with E-state index in [-0.39, 0.29) is 47.5 Å². The third kappa shape index (κ3) is 5.55. The summed E-state index contributed by atoms with van der Waals surface area (Å²) in [5.74, 6) is -1.44. The fraction of sp³-hybridized carbons (Fsp3) is 0.227. The minimum Gasteiger partial charge on any atom is -0.395 e. The molecule has 0 fully saturated rings. The average molecular weight is 497 g/mol. The normalized spacial score (nSPS) is 10.5. The summed E-state index contributed by atoms with van der Waals surface area (Å²) in [6.45, 7) is 0.215. The van der Waals surface area contributed by atoms with Gasteiger partial charge < -0.3 is 46.4 Å². The van der Waals surface area contributed by atoms with Crippen LogP contribution in [0.4, 0.5) is 22.7 Å². The number of amides is 4. The summed E-state index contributed by atoms with van der Waals surface area (Å²) in [4.78, 5) is 48.7. The molecule has 0 aliphatic heterocycles. The molecule has 0 aliphatic carbocycles. The van der Waals surface area contributed by atoms with E-state index in [9.17, 15) is 19.2 Å². The quantitative estimate of drug-likeness (QED) is 0.120. The van der Waals surface area contributed by atoms with Crippen LogP contribution < -0.4 is 32.7 Å². The molecule has 14 heteroatoms. The zero-order valence-electron chi connectivity index (χ0n) is 20.0. The van der Waals surface area contributed by atoms with Crippen LogP contribution >= 0.6 is 0 Å². The summed E-state index contributed by atoms with van der Waals surface area (Å²) in [7, 11) is 4.91. The van der Waals surface area contributed by atoms with Gasteiger partial charge in [0.05, 0.1) is 28.6 Å². The highest BCUT2D eigenvalue weighted by molar-refractivity contribution is 6.12. The topological polar surface area (TPSA) is 207 Å². The van der Waals surface area contributed by atoms with Crippen LogP contribution in [-0.4, -0.2) is 50.2 Å². The zero-order chi connectivity index (χ0) is 26.6. The van der Waals surface area contributed by atoms with E-state index in [4.69, 9.17) is 16.9 Å². The van der Waals surface area contributed by atoms with Gasteiger partial charge in [0.25, 0.3) is 17.7 Å². The standard InChI is InChI=1S/C22H28N10O4/c1-30-8-12(27-11-33)6-16(30)21(35)29-14-10-32(3)19(18(14)25)22(36)28-13-7-15(31(2)9-13)20(34)26-5-4-17(23)24/h6-11H,4-5,25H2,1-3H3,(H3,23,24)(H,26,34)(H,27,33)(H,28,36)(H,29,35). The summed E-state index contributed by atoms with van der Waals surface area (Å²) in [6.07, 6.45) is 5.39. The van der Waals surface area contributed by atoms with Gasteiger partial charge in [-0.3, -0.25) is 24.6 Å². The van der Waals surface area contributed by atoms with E-state index in [0.29, 0.717) is 23.5 Å². The van der Waals surface area contributed by atoms with Crippen molar-refractivity contribution in [2.75, 3.05) is 28.2 Å². The number of aryl methyl sites for hydroxylation is 3. The number of hydrogen-bond donors (Lipinski definition) is 7. The van der Waals surface area contributed by atoms with Gasteiger partial charge in [0.2, 0.25) is 6.41 Å². The van der Waals surface area contributed by atoms with Gasteiger partial charge in [-0.15, -0.1) is 0 Å². The van der Waals surface area contributed by atoms with Crippen LogP contribution in [0.15, 0.2) is 30.7 Å². The summed E-state index contributed by atoms with van der Waals surface area (Å²) in [6, 6.07) is 3.00. The van der Waals surface area contributed by atoms with Crippen LogP contribution in [0.25, 0.3) is 0 Å². The molecule has 0 radical (unpaired) electrons. The fourth-order valence-electron chi connectivity index (χ4n) is 3.60. The molecule has 190 valence electrons. The maximum Gasteiger partial charge on any atom is 0.274 e. The predicted molar refractivity (Wildman–Crippen MR) is 135 cm³/mol. The van der Waals surface area contributed by atoms with E-state index in [1.807, 2.05) is 0 Å². The van der Waals surface area contributed by atoms with Gasteiger partial charge in [-0.1, -0.05) is 0 Å². The van der Waals surface area contributed by atoms with Crippen LogP contribution in [0, 0.1) is 5.41 Å². The molecule has 0 bridgehead atoms. The van der Waals surface area contributed by atoms with E-state index < -0.39 is 11.8 Å². The number of nitrogens with two attached hydrogens (primary N) is 2. The van der Waals surface area contributed by atoms with Crippen LogP contribution in [0.3, 0.4) is 0 Å². The third-order valence-corrected chi connectivity index (χ3v) is 5.32. The molecular weight excluding hydrogens is 468 g/mol. The number of hydrogen-bond acceptors (Lipinski definition) is 6. The van der Waals surface area contributed by atoms with Crippen molar-refractivity contribution in [2.45, 2.75) is 6.42 Å². The minimum atomic E-state index is -0.541. The van der Waals surface area contributed by atoms with Crippen LogP contribution in [0.1, 0.15) is 37.9 Å². The Bertz CT molecular complexity index is 1350. The molecule has 0 atom stereocenters. The van der Waals surface area contributed by atoms with E-state index in [1.165, 1.54) is 27.5 Å². The first-order chi connectivity index (χ1) is 17.0. The van der Waals surface area contributed by atoms with Gasteiger partial charge >= 0.3 is 0 Å². The molecule has 0 aliphatic rings. The number of rotatable bonds is 10.